The molecule has 0 saturated carbocycles. The smallest absolute Gasteiger partial charge is 0.343 e. The zero-order valence-corrected chi connectivity index (χ0v) is 33.2. The van der Waals surface area contributed by atoms with E-state index in [1.165, 1.54) is 78.9 Å². The third-order valence-corrected chi connectivity index (χ3v) is 9.11. The van der Waals surface area contributed by atoms with Gasteiger partial charge < -0.3 is 47.4 Å². The Morgan fingerprint density at radius 3 is 1.66 bits per heavy atom. The van der Waals surface area contributed by atoms with Crippen molar-refractivity contribution in [2.24, 2.45) is 0 Å². The lowest BCUT2D eigenvalue weighted by molar-refractivity contribution is -0.129. The predicted molar refractivity (Wildman–Crippen MR) is 212 cm³/mol. The zero-order chi connectivity index (χ0) is 43.6. The van der Waals surface area contributed by atoms with Gasteiger partial charge in [0.1, 0.15) is 40.8 Å². The van der Waals surface area contributed by atoms with Crippen LogP contribution in [0.15, 0.2) is 104 Å². The summed E-state index contributed by atoms with van der Waals surface area (Å²) in [5.41, 5.74) is 0.978. The van der Waals surface area contributed by atoms with Gasteiger partial charge in [0.15, 0.2) is 23.7 Å². The lowest BCUT2D eigenvalue weighted by Crippen LogP contribution is -2.36. The minimum atomic E-state index is -0.848. The normalized spacial score (nSPS) is 17.5. The Balaban J connectivity index is 1.03. The van der Waals surface area contributed by atoms with Crippen LogP contribution in [0.1, 0.15) is 60.8 Å². The highest BCUT2D eigenvalue weighted by molar-refractivity contribution is 5.95. The minimum Gasteiger partial charge on any atom is -0.493 e. The van der Waals surface area contributed by atoms with Crippen LogP contribution in [-0.4, -0.2) is 86.7 Å². The molecule has 2 aliphatic rings. The van der Waals surface area contributed by atoms with E-state index in [4.69, 9.17) is 47.4 Å². The Morgan fingerprint density at radius 1 is 0.557 bits per heavy atom. The lowest BCUT2D eigenvalue weighted by Gasteiger charge is -2.19. The Bertz CT molecular complexity index is 2330. The van der Waals surface area contributed by atoms with Crippen LogP contribution in [0.2, 0.25) is 0 Å². The molecule has 0 aliphatic carbocycles. The molecule has 16 nitrogen and oxygen atoms in total. The van der Waals surface area contributed by atoms with Gasteiger partial charge in [0.05, 0.1) is 43.1 Å². The first-order chi connectivity index (χ1) is 29.4. The second-order valence-electron chi connectivity index (χ2n) is 13.2. The number of esters is 6. The molecular weight excluding hydrogens is 796 g/mol. The maximum absolute atomic E-state index is 13.5. The lowest BCUT2D eigenvalue weighted by atomic mass is 10.1. The first kappa shape index (κ1) is 43.3. The third kappa shape index (κ3) is 10.5. The number of hydrogen-bond donors (Lipinski definition) is 0. The monoisotopic (exact) mass is 836 g/mol. The summed E-state index contributed by atoms with van der Waals surface area (Å²) in [6.45, 7) is 12.2. The highest BCUT2D eigenvalue weighted by Gasteiger charge is 2.51. The largest absolute Gasteiger partial charge is 0.493 e. The molecule has 316 valence electrons. The van der Waals surface area contributed by atoms with Gasteiger partial charge in [-0.3, -0.25) is 0 Å². The van der Waals surface area contributed by atoms with Gasteiger partial charge in [-0.1, -0.05) is 13.2 Å². The van der Waals surface area contributed by atoms with Crippen molar-refractivity contribution < 1.29 is 76.1 Å². The Hall–Kier alpha value is -7.30. The minimum absolute atomic E-state index is 0.0216. The molecule has 0 radical (unpaired) electrons. The van der Waals surface area contributed by atoms with Crippen molar-refractivity contribution in [1.82, 2.24) is 0 Å². The van der Waals surface area contributed by atoms with E-state index in [0.29, 0.717) is 5.56 Å². The molecule has 16 heteroatoms. The molecule has 4 atom stereocenters. The van der Waals surface area contributed by atoms with Gasteiger partial charge in [0, 0.05) is 18.2 Å². The SMILES string of the molecule is C=CC(=O)Oc1ccc(C(=O)Oc2cc(OCC)c(C(=O)O[C@@H]3CO[C@H]4[C@@H]3OC[C@H]4OC(=O)c3ccc(OC(=O)c4ccc(OC(=O)C=C)c(OCC)c4)cc3)cc2C)cc1. The standard InChI is InChI=1S/C45H40O16/c1-6-38(46)56-29-15-10-26(11-16-29)42(48)59-33-22-34(52-8-3)31(20-25(33)5)45(51)61-37-24-55-40-36(23-54-41(37)40)60-43(49)27-12-17-30(18-13-27)57-44(50)28-14-19-32(58-39(47)7-2)35(21-28)53-9-4/h6-7,10-22,36-37,40-41H,1-2,8-9,23-24H2,3-5H3/t36-,37-,40-,41-/m1/s1. The fraction of sp³-hybridized carbons (Fsp3) is 0.244. The average Bonchev–Trinajstić information content (AvgIpc) is 3.85. The van der Waals surface area contributed by atoms with Gasteiger partial charge in [0.25, 0.3) is 0 Å². The van der Waals surface area contributed by atoms with E-state index < -0.39 is 60.2 Å². The molecule has 2 aliphatic heterocycles. The summed E-state index contributed by atoms with van der Waals surface area (Å²) in [6.07, 6.45) is -1.12. The molecule has 61 heavy (non-hydrogen) atoms. The van der Waals surface area contributed by atoms with Crippen LogP contribution >= 0.6 is 0 Å². The summed E-state index contributed by atoms with van der Waals surface area (Å²) in [6, 6.07) is 18.5. The van der Waals surface area contributed by atoms with Crippen molar-refractivity contribution in [1.29, 1.82) is 0 Å². The molecule has 0 aromatic heterocycles. The van der Waals surface area contributed by atoms with Crippen LogP contribution in [0.3, 0.4) is 0 Å². The molecule has 0 unspecified atom stereocenters. The Labute approximate surface area is 349 Å². The molecule has 2 saturated heterocycles. The van der Waals surface area contributed by atoms with E-state index >= 15 is 0 Å². The number of aryl methyl sites for hydroxylation is 1. The van der Waals surface area contributed by atoms with Crippen molar-refractivity contribution >= 4 is 35.8 Å². The molecule has 0 N–H and O–H groups in total. The highest BCUT2D eigenvalue weighted by atomic mass is 16.7. The summed E-state index contributed by atoms with van der Waals surface area (Å²) >= 11 is 0. The van der Waals surface area contributed by atoms with Crippen LogP contribution in [-0.2, 0) is 28.5 Å². The molecule has 0 spiro atoms. The maximum Gasteiger partial charge on any atom is 0.343 e. The molecule has 6 rings (SSSR count). The first-order valence-electron chi connectivity index (χ1n) is 18.9. The number of carbonyl (C=O) groups excluding carboxylic acids is 6. The third-order valence-electron chi connectivity index (χ3n) is 9.11. The second-order valence-corrected chi connectivity index (χ2v) is 13.2. The molecule has 2 heterocycles. The number of rotatable bonds is 16. The van der Waals surface area contributed by atoms with Crippen LogP contribution < -0.4 is 28.4 Å². The fourth-order valence-electron chi connectivity index (χ4n) is 6.19. The van der Waals surface area contributed by atoms with E-state index in [9.17, 15) is 28.8 Å². The first-order valence-corrected chi connectivity index (χ1v) is 18.9. The Kier molecular flexibility index (Phi) is 13.9. The highest BCUT2D eigenvalue weighted by Crippen LogP contribution is 2.35. The van der Waals surface area contributed by atoms with Crippen molar-refractivity contribution in [2.45, 2.75) is 45.2 Å². The van der Waals surface area contributed by atoms with Gasteiger partial charge in [-0.05, 0) is 99.1 Å². The van der Waals surface area contributed by atoms with E-state index in [2.05, 4.69) is 13.2 Å². The van der Waals surface area contributed by atoms with Crippen LogP contribution in [0.25, 0.3) is 0 Å². The van der Waals surface area contributed by atoms with E-state index in [0.717, 1.165) is 12.2 Å². The van der Waals surface area contributed by atoms with Crippen LogP contribution in [0.4, 0.5) is 0 Å². The van der Waals surface area contributed by atoms with Crippen LogP contribution in [0.5, 0.6) is 34.5 Å². The zero-order valence-electron chi connectivity index (χ0n) is 33.2. The number of hydrogen-bond acceptors (Lipinski definition) is 16. The topological polar surface area (TPSA) is 195 Å². The van der Waals surface area contributed by atoms with Crippen molar-refractivity contribution in [3.63, 3.8) is 0 Å². The number of benzene rings is 4. The van der Waals surface area contributed by atoms with Crippen molar-refractivity contribution in [3.8, 4) is 34.5 Å². The predicted octanol–water partition coefficient (Wildman–Crippen LogP) is 5.96. The molecule has 0 amide bonds. The van der Waals surface area contributed by atoms with Gasteiger partial charge in [0.2, 0.25) is 0 Å². The summed E-state index contributed by atoms with van der Waals surface area (Å²) in [5, 5.41) is 0. The van der Waals surface area contributed by atoms with Crippen LogP contribution in [0, 0.1) is 6.92 Å². The van der Waals surface area contributed by atoms with E-state index in [-0.39, 0.29) is 83.2 Å². The quantitative estimate of drug-likeness (QED) is 0.0728. The summed E-state index contributed by atoms with van der Waals surface area (Å²) in [7, 11) is 0. The molecule has 0 bridgehead atoms. The van der Waals surface area contributed by atoms with Gasteiger partial charge >= 0.3 is 35.8 Å². The maximum atomic E-state index is 13.5. The van der Waals surface area contributed by atoms with Crippen molar-refractivity contribution in [3.05, 3.63) is 132 Å². The average molecular weight is 837 g/mol. The summed E-state index contributed by atoms with van der Waals surface area (Å²) < 4.78 is 55.8. The Morgan fingerprint density at radius 2 is 1.07 bits per heavy atom. The summed E-state index contributed by atoms with van der Waals surface area (Å²) in [4.78, 5) is 75.6. The molecular formula is C45H40O16. The molecule has 4 aromatic carbocycles. The second kappa shape index (κ2) is 19.6. The fourth-order valence-corrected chi connectivity index (χ4v) is 6.19. The van der Waals surface area contributed by atoms with Gasteiger partial charge in [-0.15, -0.1) is 0 Å². The summed E-state index contributed by atoms with van der Waals surface area (Å²) in [5.74, 6) is -3.30. The van der Waals surface area contributed by atoms with E-state index in [1.807, 2.05) is 0 Å². The number of fused-ring (bicyclic) bond motifs is 1. The molecule has 2 fully saturated rings. The molecule has 4 aromatic rings. The van der Waals surface area contributed by atoms with Crippen molar-refractivity contribution in [2.75, 3.05) is 26.4 Å². The number of carbonyl (C=O) groups is 6. The van der Waals surface area contributed by atoms with Gasteiger partial charge in [-0.2, -0.15) is 0 Å². The van der Waals surface area contributed by atoms with E-state index in [1.54, 1.807) is 20.8 Å². The number of ether oxygens (including phenoxy) is 10. The van der Waals surface area contributed by atoms with Gasteiger partial charge in [-0.25, -0.2) is 28.8 Å².